The summed E-state index contributed by atoms with van der Waals surface area (Å²) >= 11 is 0. The van der Waals surface area contributed by atoms with Crippen LogP contribution in [-0.2, 0) is 16.0 Å². The lowest BCUT2D eigenvalue weighted by Gasteiger charge is -2.22. The number of hydrogen-bond donors (Lipinski definition) is 5. The fourth-order valence-corrected chi connectivity index (χ4v) is 5.07. The van der Waals surface area contributed by atoms with E-state index in [0.29, 0.717) is 43.2 Å². The third-order valence-corrected chi connectivity index (χ3v) is 7.42. The number of aromatic amines is 1. The quantitative estimate of drug-likeness (QED) is 0.233. The lowest BCUT2D eigenvalue weighted by molar-refractivity contribution is -0.123. The van der Waals surface area contributed by atoms with E-state index in [0.717, 1.165) is 16.5 Å². The molecule has 5 N–H and O–H groups in total. The molecule has 45 heavy (non-hydrogen) atoms. The van der Waals surface area contributed by atoms with E-state index in [9.17, 15) is 19.2 Å². The van der Waals surface area contributed by atoms with Crippen LogP contribution in [0.25, 0.3) is 10.9 Å². The number of aromatic nitrogens is 3. The van der Waals surface area contributed by atoms with Gasteiger partial charge in [-0.05, 0) is 42.7 Å². The number of nitrogens with one attached hydrogen (secondary N) is 5. The number of fused-ring (bicyclic) bond motifs is 3. The Morgan fingerprint density at radius 2 is 1.80 bits per heavy atom. The summed E-state index contributed by atoms with van der Waals surface area (Å²) in [4.78, 5) is 66.0. The lowest BCUT2D eigenvalue weighted by atomic mass is 10.0. The molecule has 4 aromatic rings. The Morgan fingerprint density at radius 3 is 2.62 bits per heavy atom. The van der Waals surface area contributed by atoms with Crippen LogP contribution >= 0.6 is 0 Å². The molecule has 0 saturated heterocycles. The average Bonchev–Trinajstić information content (AvgIpc) is 3.47. The number of amides is 4. The highest BCUT2D eigenvalue weighted by Crippen LogP contribution is 2.19. The molecule has 0 radical (unpaired) electrons. The topological polar surface area (TPSA) is 170 Å². The number of carbonyl (C=O) groups is 4. The largest absolute Gasteiger partial charge is 0.481 e. The second kappa shape index (κ2) is 14.8. The van der Waals surface area contributed by atoms with E-state index < -0.39 is 11.9 Å². The third-order valence-electron chi connectivity index (χ3n) is 7.42. The number of anilines is 1. The lowest BCUT2D eigenvalue weighted by Crippen LogP contribution is -2.48. The van der Waals surface area contributed by atoms with Crippen molar-refractivity contribution in [2.24, 2.45) is 0 Å². The van der Waals surface area contributed by atoms with Crippen LogP contribution in [0.5, 0.6) is 5.88 Å². The number of nitrogens with zero attached hydrogens (tertiary/aromatic N) is 3. The van der Waals surface area contributed by atoms with Crippen LogP contribution in [0.15, 0.2) is 67.0 Å². The van der Waals surface area contributed by atoms with Crippen molar-refractivity contribution in [2.45, 2.75) is 25.3 Å². The van der Waals surface area contributed by atoms with Crippen LogP contribution in [-0.4, -0.2) is 89.4 Å². The van der Waals surface area contributed by atoms with Crippen LogP contribution in [0.1, 0.15) is 39.3 Å². The van der Waals surface area contributed by atoms with Gasteiger partial charge in [0.15, 0.2) is 0 Å². The Hall–Kier alpha value is -5.46. The van der Waals surface area contributed by atoms with Crippen LogP contribution in [0.4, 0.5) is 5.82 Å². The number of carbonyl (C=O) groups excluding carboxylic acids is 4. The van der Waals surface area contributed by atoms with Crippen LogP contribution in [0, 0.1) is 0 Å². The summed E-state index contributed by atoms with van der Waals surface area (Å²) in [5.41, 5.74) is 2.32. The first kappa shape index (κ1) is 31.0. The number of pyridine rings is 2. The minimum Gasteiger partial charge on any atom is -0.481 e. The molecule has 1 aliphatic rings. The molecule has 0 saturated carbocycles. The minimum atomic E-state index is -0.861. The number of para-hydroxylation sites is 1. The normalized spacial score (nSPS) is 17.1. The number of methoxy groups -OCH3 is 1. The van der Waals surface area contributed by atoms with Crippen molar-refractivity contribution in [3.05, 3.63) is 83.8 Å². The maximum atomic E-state index is 13.4. The number of ether oxygens (including phenoxy) is 1. The van der Waals surface area contributed by atoms with Gasteiger partial charge in [0.05, 0.1) is 19.2 Å². The maximum Gasteiger partial charge on any atom is 0.270 e. The van der Waals surface area contributed by atoms with E-state index in [2.05, 4.69) is 36.2 Å². The second-order valence-electron chi connectivity index (χ2n) is 10.6. The fraction of sp³-hybridized carbons (Fsp3) is 0.312. The summed E-state index contributed by atoms with van der Waals surface area (Å²) in [5.74, 6) is -0.655. The number of rotatable bonds is 4. The van der Waals surface area contributed by atoms with Gasteiger partial charge in [-0.2, -0.15) is 0 Å². The van der Waals surface area contributed by atoms with Crippen LogP contribution < -0.4 is 26.0 Å². The Labute approximate surface area is 260 Å². The molecular weight excluding hydrogens is 576 g/mol. The Bertz CT molecular complexity index is 1650. The monoisotopic (exact) mass is 612 g/mol. The predicted octanol–water partition coefficient (Wildman–Crippen LogP) is 1.89. The van der Waals surface area contributed by atoms with Gasteiger partial charge >= 0.3 is 0 Å². The molecule has 2 bridgehead atoms. The first-order valence-corrected chi connectivity index (χ1v) is 14.8. The minimum absolute atomic E-state index is 0.143. The highest BCUT2D eigenvalue weighted by atomic mass is 16.5. The van der Waals surface area contributed by atoms with Gasteiger partial charge in [-0.3, -0.25) is 19.2 Å². The van der Waals surface area contributed by atoms with Gasteiger partial charge in [-0.1, -0.05) is 24.3 Å². The van der Waals surface area contributed by atoms with Gasteiger partial charge in [-0.25, -0.2) is 9.97 Å². The zero-order valence-corrected chi connectivity index (χ0v) is 25.0. The molecule has 0 aliphatic carbocycles. The van der Waals surface area contributed by atoms with Crippen molar-refractivity contribution in [3.63, 3.8) is 0 Å². The first-order chi connectivity index (χ1) is 21.9. The van der Waals surface area contributed by atoms with Gasteiger partial charge < -0.3 is 35.9 Å². The molecule has 0 fully saturated rings. The van der Waals surface area contributed by atoms with Gasteiger partial charge in [0.25, 0.3) is 11.8 Å². The molecule has 13 nitrogen and oxygen atoms in total. The SMILES string of the molecule is COc1ccc(C(=O)N2CCCCNC(=O)[C@H](Cc3c[nH]c4ccccc34)NC(=O)c3cccc(n3)NCCNC(=O)C2)cn1. The number of benzene rings is 1. The van der Waals surface area contributed by atoms with Crippen molar-refractivity contribution in [2.75, 3.05) is 45.2 Å². The molecule has 1 atom stereocenters. The van der Waals surface area contributed by atoms with Crippen molar-refractivity contribution >= 4 is 40.3 Å². The summed E-state index contributed by atoms with van der Waals surface area (Å²) in [6.07, 6.45) is 4.60. The molecule has 4 heterocycles. The molecular formula is C32H36N8O5. The van der Waals surface area contributed by atoms with Crippen molar-refractivity contribution in [1.82, 2.24) is 35.8 Å². The van der Waals surface area contributed by atoms with E-state index in [1.807, 2.05) is 30.5 Å². The predicted molar refractivity (Wildman–Crippen MR) is 168 cm³/mol. The summed E-state index contributed by atoms with van der Waals surface area (Å²) in [7, 11) is 1.49. The summed E-state index contributed by atoms with van der Waals surface area (Å²) in [6, 6.07) is 15.1. The van der Waals surface area contributed by atoms with Gasteiger partial charge in [0, 0.05) is 62.0 Å². The molecule has 0 spiro atoms. The molecule has 13 heteroatoms. The van der Waals surface area contributed by atoms with E-state index in [1.165, 1.54) is 18.2 Å². The van der Waals surface area contributed by atoms with Crippen molar-refractivity contribution in [3.8, 4) is 5.88 Å². The molecule has 4 amide bonds. The van der Waals surface area contributed by atoms with E-state index in [1.54, 1.807) is 30.3 Å². The molecule has 234 valence electrons. The molecule has 1 aliphatic heterocycles. The number of H-pyrrole nitrogens is 1. The smallest absolute Gasteiger partial charge is 0.270 e. The van der Waals surface area contributed by atoms with E-state index in [4.69, 9.17) is 4.74 Å². The molecule has 0 unspecified atom stereocenters. The van der Waals surface area contributed by atoms with Crippen molar-refractivity contribution in [1.29, 1.82) is 0 Å². The van der Waals surface area contributed by atoms with E-state index >= 15 is 0 Å². The second-order valence-corrected chi connectivity index (χ2v) is 10.6. The highest BCUT2D eigenvalue weighted by Gasteiger charge is 2.24. The highest BCUT2D eigenvalue weighted by molar-refractivity contribution is 5.97. The standard InChI is InChI=1S/C32H36N8O5/c1-45-29-12-11-21(18-37-29)32(44)40-16-5-4-13-35-30(42)26(17-22-19-36-24-8-3-2-7-23(22)24)39-31(43)25-9-6-10-27(38-25)33-14-15-34-28(41)20-40/h2-3,6-12,18-19,26,36H,4-5,13-17,20H2,1H3,(H,33,38)(H,34,41)(H,35,42)(H,39,43)/t26-/m0/s1. The Kier molecular flexibility index (Phi) is 10.2. The van der Waals surface area contributed by atoms with Gasteiger partial charge in [0.1, 0.15) is 17.6 Å². The zero-order chi connectivity index (χ0) is 31.6. The Balaban J connectivity index is 1.33. The zero-order valence-electron chi connectivity index (χ0n) is 25.0. The van der Waals surface area contributed by atoms with E-state index in [-0.39, 0.29) is 49.5 Å². The summed E-state index contributed by atoms with van der Waals surface area (Å²) < 4.78 is 5.08. The molecule has 3 aromatic heterocycles. The molecule has 1 aromatic carbocycles. The number of hydrogen-bond acceptors (Lipinski definition) is 8. The van der Waals surface area contributed by atoms with Gasteiger partial charge in [-0.15, -0.1) is 0 Å². The Morgan fingerprint density at radius 1 is 0.956 bits per heavy atom. The third kappa shape index (κ3) is 8.13. The summed E-state index contributed by atoms with van der Waals surface area (Å²) in [6.45, 7) is 1.07. The van der Waals surface area contributed by atoms with Crippen LogP contribution in [0.2, 0.25) is 0 Å². The maximum absolute atomic E-state index is 13.4. The first-order valence-electron chi connectivity index (χ1n) is 14.8. The van der Waals surface area contributed by atoms with Crippen LogP contribution in [0.3, 0.4) is 0 Å². The van der Waals surface area contributed by atoms with Crippen molar-refractivity contribution < 1.29 is 23.9 Å². The average molecular weight is 613 g/mol. The molecule has 5 rings (SSSR count). The fourth-order valence-electron chi connectivity index (χ4n) is 5.07. The van der Waals surface area contributed by atoms with Gasteiger partial charge in [0.2, 0.25) is 17.7 Å². The summed E-state index contributed by atoms with van der Waals surface area (Å²) in [5, 5.41) is 12.7.